The maximum absolute atomic E-state index is 12.7. The molecule has 3 heteroatoms. The van der Waals surface area contributed by atoms with E-state index >= 15 is 0 Å². The molecule has 0 saturated heterocycles. The molecule has 0 aromatic heterocycles. The van der Waals surface area contributed by atoms with Gasteiger partial charge in [-0.05, 0) is 43.5 Å². The number of fused-ring (bicyclic) bond motifs is 1. The van der Waals surface area contributed by atoms with Gasteiger partial charge in [-0.2, -0.15) is 0 Å². The number of aryl methyl sites for hydroxylation is 2. The molecule has 1 amide bonds. The summed E-state index contributed by atoms with van der Waals surface area (Å²) in [5.41, 5.74) is 11.6. The van der Waals surface area contributed by atoms with E-state index in [-0.39, 0.29) is 5.91 Å². The number of carbonyl (C=O) groups excluding carboxylic acids is 1. The number of carbonyl (C=O) groups is 1. The van der Waals surface area contributed by atoms with Gasteiger partial charge in [0.15, 0.2) is 0 Å². The molecule has 3 rings (SSSR count). The minimum Gasteiger partial charge on any atom is -0.398 e. The Morgan fingerprint density at radius 3 is 2.70 bits per heavy atom. The fraction of sp³-hybridized carbons (Fsp3) is 0.235. The van der Waals surface area contributed by atoms with Crippen LogP contribution in [0.2, 0.25) is 0 Å². The molecule has 0 spiro atoms. The summed E-state index contributed by atoms with van der Waals surface area (Å²) in [6.07, 6.45) is 0.847. The third-order valence-corrected chi connectivity index (χ3v) is 3.89. The van der Waals surface area contributed by atoms with Crippen LogP contribution in [0.3, 0.4) is 0 Å². The highest BCUT2D eigenvalue weighted by Gasteiger charge is 2.27. The Morgan fingerprint density at radius 2 is 1.95 bits per heavy atom. The standard InChI is InChI=1S/C17H18N2O/c1-11-6-7-15(12(2)10-11)19-9-8-13-4-3-5-14(18)16(13)17(19)20/h3-7,10H,8-9,18H2,1-2H3. The van der Waals surface area contributed by atoms with Gasteiger partial charge >= 0.3 is 0 Å². The van der Waals surface area contributed by atoms with Gasteiger partial charge in [0.2, 0.25) is 0 Å². The molecule has 0 aliphatic carbocycles. The second kappa shape index (κ2) is 4.67. The van der Waals surface area contributed by atoms with Gasteiger partial charge in [-0.15, -0.1) is 0 Å². The van der Waals surface area contributed by atoms with E-state index in [2.05, 4.69) is 13.0 Å². The molecule has 1 heterocycles. The summed E-state index contributed by atoms with van der Waals surface area (Å²) in [5, 5.41) is 0. The summed E-state index contributed by atoms with van der Waals surface area (Å²) in [5.74, 6) is 0.0105. The van der Waals surface area contributed by atoms with E-state index < -0.39 is 0 Å². The molecule has 0 fully saturated rings. The lowest BCUT2D eigenvalue weighted by molar-refractivity contribution is 0.0981. The Kier molecular flexibility index (Phi) is 2.97. The van der Waals surface area contributed by atoms with Crippen molar-refractivity contribution in [3.05, 3.63) is 58.7 Å². The van der Waals surface area contributed by atoms with Crippen molar-refractivity contribution in [2.24, 2.45) is 0 Å². The number of benzene rings is 2. The Labute approximate surface area is 119 Å². The maximum Gasteiger partial charge on any atom is 0.260 e. The summed E-state index contributed by atoms with van der Waals surface area (Å²) in [6.45, 7) is 4.81. The predicted octanol–water partition coefficient (Wildman–Crippen LogP) is 3.09. The number of nitrogens with two attached hydrogens (primary N) is 1. The van der Waals surface area contributed by atoms with Crippen molar-refractivity contribution in [1.29, 1.82) is 0 Å². The predicted molar refractivity (Wildman–Crippen MR) is 82.2 cm³/mol. The summed E-state index contributed by atoms with van der Waals surface area (Å²) >= 11 is 0. The van der Waals surface area contributed by atoms with Crippen molar-refractivity contribution in [2.45, 2.75) is 20.3 Å². The van der Waals surface area contributed by atoms with E-state index in [0.717, 1.165) is 23.2 Å². The van der Waals surface area contributed by atoms with Crippen LogP contribution in [0, 0.1) is 13.8 Å². The first-order valence-electron chi connectivity index (χ1n) is 6.84. The van der Waals surface area contributed by atoms with Crippen LogP contribution in [-0.4, -0.2) is 12.5 Å². The van der Waals surface area contributed by atoms with Crippen molar-refractivity contribution < 1.29 is 4.79 Å². The van der Waals surface area contributed by atoms with Crippen molar-refractivity contribution in [3.63, 3.8) is 0 Å². The molecule has 2 N–H and O–H groups in total. The highest BCUT2D eigenvalue weighted by Crippen LogP contribution is 2.30. The minimum absolute atomic E-state index is 0.0105. The molecule has 0 bridgehead atoms. The van der Waals surface area contributed by atoms with Gasteiger partial charge < -0.3 is 10.6 Å². The van der Waals surface area contributed by atoms with Gasteiger partial charge in [-0.25, -0.2) is 0 Å². The van der Waals surface area contributed by atoms with Crippen LogP contribution >= 0.6 is 0 Å². The van der Waals surface area contributed by atoms with Gasteiger partial charge in [-0.1, -0.05) is 29.8 Å². The average Bonchev–Trinajstić information content (AvgIpc) is 2.40. The molecule has 1 aliphatic rings. The third-order valence-electron chi connectivity index (χ3n) is 3.89. The summed E-state index contributed by atoms with van der Waals surface area (Å²) in [4.78, 5) is 14.6. The van der Waals surface area contributed by atoms with Crippen molar-refractivity contribution >= 4 is 17.3 Å². The average molecular weight is 266 g/mol. The number of amides is 1. The number of nitrogen functional groups attached to an aromatic ring is 1. The van der Waals surface area contributed by atoms with Crippen molar-refractivity contribution in [1.82, 2.24) is 0 Å². The van der Waals surface area contributed by atoms with E-state index in [4.69, 9.17) is 5.73 Å². The van der Waals surface area contributed by atoms with Gasteiger partial charge in [-0.3, -0.25) is 4.79 Å². The molecule has 20 heavy (non-hydrogen) atoms. The Balaban J connectivity index is 2.06. The van der Waals surface area contributed by atoms with E-state index in [0.29, 0.717) is 17.8 Å². The summed E-state index contributed by atoms with van der Waals surface area (Å²) in [7, 11) is 0. The lowest BCUT2D eigenvalue weighted by Gasteiger charge is -2.30. The number of hydrogen-bond acceptors (Lipinski definition) is 2. The highest BCUT2D eigenvalue weighted by atomic mass is 16.2. The molecular formula is C17H18N2O. The zero-order valence-electron chi connectivity index (χ0n) is 11.8. The number of nitrogens with zero attached hydrogens (tertiary/aromatic N) is 1. The molecule has 102 valence electrons. The minimum atomic E-state index is 0.0105. The van der Waals surface area contributed by atoms with E-state index in [1.165, 1.54) is 5.56 Å². The monoisotopic (exact) mass is 266 g/mol. The summed E-state index contributed by atoms with van der Waals surface area (Å²) in [6, 6.07) is 11.9. The second-order valence-corrected chi connectivity index (χ2v) is 5.38. The van der Waals surface area contributed by atoms with Crippen molar-refractivity contribution in [3.8, 4) is 0 Å². The van der Waals surface area contributed by atoms with Gasteiger partial charge in [0.25, 0.3) is 5.91 Å². The molecule has 2 aromatic rings. The van der Waals surface area contributed by atoms with Crippen LogP contribution < -0.4 is 10.6 Å². The largest absolute Gasteiger partial charge is 0.398 e. The summed E-state index contributed by atoms with van der Waals surface area (Å²) < 4.78 is 0. The topological polar surface area (TPSA) is 46.3 Å². The molecule has 2 aromatic carbocycles. The fourth-order valence-corrected chi connectivity index (χ4v) is 2.90. The van der Waals surface area contributed by atoms with E-state index in [1.807, 2.05) is 36.1 Å². The Morgan fingerprint density at radius 1 is 1.15 bits per heavy atom. The quantitative estimate of drug-likeness (QED) is 0.806. The van der Waals surface area contributed by atoms with Crippen molar-refractivity contribution in [2.75, 3.05) is 17.2 Å². The van der Waals surface area contributed by atoms with Crippen LogP contribution in [0.25, 0.3) is 0 Å². The number of rotatable bonds is 1. The molecule has 0 atom stereocenters. The molecular weight excluding hydrogens is 248 g/mol. The first kappa shape index (κ1) is 12.7. The maximum atomic E-state index is 12.7. The SMILES string of the molecule is Cc1ccc(N2CCc3cccc(N)c3C2=O)c(C)c1. The van der Waals surface area contributed by atoms with Gasteiger partial charge in [0, 0.05) is 17.9 Å². The first-order chi connectivity index (χ1) is 9.58. The second-order valence-electron chi connectivity index (χ2n) is 5.38. The molecule has 1 aliphatic heterocycles. The van der Waals surface area contributed by atoms with Crippen LogP contribution in [-0.2, 0) is 6.42 Å². The molecule has 3 nitrogen and oxygen atoms in total. The van der Waals surface area contributed by atoms with Gasteiger partial charge in [0.05, 0.1) is 5.56 Å². The molecule has 0 saturated carbocycles. The van der Waals surface area contributed by atoms with Crippen LogP contribution in [0.5, 0.6) is 0 Å². The van der Waals surface area contributed by atoms with Crippen LogP contribution in [0.4, 0.5) is 11.4 Å². The van der Waals surface area contributed by atoms with E-state index in [9.17, 15) is 4.79 Å². The number of anilines is 2. The van der Waals surface area contributed by atoms with E-state index in [1.54, 1.807) is 6.07 Å². The van der Waals surface area contributed by atoms with Crippen LogP contribution in [0.1, 0.15) is 27.0 Å². The smallest absolute Gasteiger partial charge is 0.260 e. The third kappa shape index (κ3) is 1.95. The zero-order chi connectivity index (χ0) is 14.3. The zero-order valence-corrected chi connectivity index (χ0v) is 11.8. The first-order valence-corrected chi connectivity index (χ1v) is 6.84. The number of hydrogen-bond donors (Lipinski definition) is 1. The lowest BCUT2D eigenvalue weighted by atomic mass is 9.96. The normalized spacial score (nSPS) is 14.3. The Hall–Kier alpha value is -2.29. The lowest BCUT2D eigenvalue weighted by Crippen LogP contribution is -2.38. The highest BCUT2D eigenvalue weighted by molar-refractivity contribution is 6.11. The Bertz CT molecular complexity index is 691. The fourth-order valence-electron chi connectivity index (χ4n) is 2.90. The molecule has 0 unspecified atom stereocenters. The molecule has 0 radical (unpaired) electrons. The van der Waals surface area contributed by atoms with Crippen LogP contribution in [0.15, 0.2) is 36.4 Å². The van der Waals surface area contributed by atoms with Gasteiger partial charge in [0.1, 0.15) is 0 Å².